The van der Waals surface area contributed by atoms with E-state index in [-0.39, 0.29) is 11.9 Å². The summed E-state index contributed by atoms with van der Waals surface area (Å²) in [7, 11) is 0. The standard InChI is InChI=1S/C23H28N4OS/c28-22(25-23(21-8-4-17-29-21)20-6-2-1-3-7-20)11-16-26-14-9-19(10-15-26)18-27-13-5-12-24-27/h1-8,12-13,17,19,23H,9-11,14-16,18H2,(H,25,28). The zero-order valence-corrected chi connectivity index (χ0v) is 17.4. The van der Waals surface area contributed by atoms with Gasteiger partial charge in [0.2, 0.25) is 5.91 Å². The van der Waals surface area contributed by atoms with Crippen LogP contribution in [0.1, 0.15) is 35.7 Å². The van der Waals surface area contributed by atoms with Crippen LogP contribution >= 0.6 is 11.3 Å². The van der Waals surface area contributed by atoms with E-state index in [9.17, 15) is 4.79 Å². The molecule has 1 aliphatic heterocycles. The van der Waals surface area contributed by atoms with E-state index < -0.39 is 0 Å². The molecule has 1 N–H and O–H groups in total. The van der Waals surface area contributed by atoms with Crippen LogP contribution in [0.3, 0.4) is 0 Å². The molecule has 1 aliphatic rings. The summed E-state index contributed by atoms with van der Waals surface area (Å²) in [6, 6.07) is 16.3. The number of hydrogen-bond donors (Lipinski definition) is 1. The lowest BCUT2D eigenvalue weighted by atomic mass is 9.97. The molecule has 1 fully saturated rings. The van der Waals surface area contributed by atoms with Crippen molar-refractivity contribution in [1.29, 1.82) is 0 Å². The highest BCUT2D eigenvalue weighted by molar-refractivity contribution is 7.10. The van der Waals surface area contributed by atoms with Gasteiger partial charge in [0.1, 0.15) is 0 Å². The lowest BCUT2D eigenvalue weighted by Gasteiger charge is -2.31. The van der Waals surface area contributed by atoms with Crippen molar-refractivity contribution in [2.45, 2.75) is 31.8 Å². The van der Waals surface area contributed by atoms with Gasteiger partial charge in [-0.3, -0.25) is 9.48 Å². The quantitative estimate of drug-likeness (QED) is 0.614. The molecule has 0 aliphatic carbocycles. The number of hydrogen-bond acceptors (Lipinski definition) is 4. The molecule has 4 rings (SSSR count). The topological polar surface area (TPSA) is 50.2 Å². The zero-order chi connectivity index (χ0) is 19.9. The van der Waals surface area contributed by atoms with Gasteiger partial charge < -0.3 is 10.2 Å². The molecule has 5 nitrogen and oxygen atoms in total. The van der Waals surface area contributed by atoms with Crippen molar-refractivity contribution >= 4 is 17.2 Å². The molecule has 0 spiro atoms. The average molecular weight is 409 g/mol. The highest BCUT2D eigenvalue weighted by Gasteiger charge is 2.21. The Labute approximate surface area is 176 Å². The van der Waals surface area contributed by atoms with Crippen LogP contribution in [-0.4, -0.2) is 40.2 Å². The van der Waals surface area contributed by atoms with Crippen molar-refractivity contribution < 1.29 is 4.79 Å². The molecule has 1 saturated heterocycles. The van der Waals surface area contributed by atoms with Crippen molar-refractivity contribution in [3.05, 3.63) is 76.7 Å². The minimum Gasteiger partial charge on any atom is -0.344 e. The SMILES string of the molecule is O=C(CCN1CCC(Cn2cccn2)CC1)NC(c1ccccc1)c1cccs1. The Bertz CT molecular complexity index is 856. The maximum absolute atomic E-state index is 12.7. The van der Waals surface area contributed by atoms with E-state index in [0.29, 0.717) is 12.3 Å². The minimum absolute atomic E-state index is 0.0662. The third-order valence-electron chi connectivity index (χ3n) is 5.63. The van der Waals surface area contributed by atoms with E-state index in [1.807, 2.05) is 47.4 Å². The fourth-order valence-corrected chi connectivity index (χ4v) is 4.78. The second-order valence-electron chi connectivity index (χ2n) is 7.69. The Morgan fingerprint density at radius 3 is 2.66 bits per heavy atom. The van der Waals surface area contributed by atoms with Gasteiger partial charge in [-0.1, -0.05) is 36.4 Å². The van der Waals surface area contributed by atoms with E-state index in [1.54, 1.807) is 11.3 Å². The smallest absolute Gasteiger partial charge is 0.222 e. The van der Waals surface area contributed by atoms with Crippen LogP contribution in [0, 0.1) is 5.92 Å². The van der Waals surface area contributed by atoms with Crippen molar-refractivity contribution in [3.63, 3.8) is 0 Å². The molecule has 1 amide bonds. The number of amides is 1. The first-order chi connectivity index (χ1) is 14.3. The van der Waals surface area contributed by atoms with Crippen LogP contribution in [0.4, 0.5) is 0 Å². The van der Waals surface area contributed by atoms with Gasteiger partial charge in [0.25, 0.3) is 0 Å². The Hall–Kier alpha value is -2.44. The zero-order valence-electron chi connectivity index (χ0n) is 16.6. The van der Waals surface area contributed by atoms with Gasteiger partial charge in [-0.25, -0.2) is 0 Å². The maximum Gasteiger partial charge on any atom is 0.222 e. The highest BCUT2D eigenvalue weighted by atomic mass is 32.1. The number of thiophene rings is 1. The van der Waals surface area contributed by atoms with Gasteiger partial charge in [-0.05, 0) is 54.9 Å². The maximum atomic E-state index is 12.7. The average Bonchev–Trinajstić information content (AvgIpc) is 3.47. The van der Waals surface area contributed by atoms with Crippen molar-refractivity contribution in [3.8, 4) is 0 Å². The second-order valence-corrected chi connectivity index (χ2v) is 8.67. The van der Waals surface area contributed by atoms with Crippen LogP contribution < -0.4 is 5.32 Å². The Balaban J connectivity index is 1.25. The van der Waals surface area contributed by atoms with Gasteiger partial charge in [-0.2, -0.15) is 5.10 Å². The predicted molar refractivity (Wildman–Crippen MR) is 117 cm³/mol. The van der Waals surface area contributed by atoms with E-state index in [2.05, 4.69) is 38.9 Å². The molecular weight excluding hydrogens is 380 g/mol. The molecule has 2 aromatic heterocycles. The van der Waals surface area contributed by atoms with E-state index in [1.165, 1.54) is 17.7 Å². The summed E-state index contributed by atoms with van der Waals surface area (Å²) in [6.07, 6.45) is 6.76. The lowest BCUT2D eigenvalue weighted by Crippen LogP contribution is -2.38. The molecule has 0 radical (unpaired) electrons. The van der Waals surface area contributed by atoms with Crippen LogP contribution in [0.25, 0.3) is 0 Å². The summed E-state index contributed by atoms with van der Waals surface area (Å²) in [4.78, 5) is 16.3. The predicted octanol–water partition coefficient (Wildman–Crippen LogP) is 3.95. The molecule has 152 valence electrons. The number of carbonyl (C=O) groups excluding carboxylic acids is 1. The molecule has 3 aromatic rings. The highest BCUT2D eigenvalue weighted by Crippen LogP contribution is 2.26. The van der Waals surface area contributed by atoms with Crippen molar-refractivity contribution in [2.24, 2.45) is 5.92 Å². The van der Waals surface area contributed by atoms with E-state index in [0.717, 1.165) is 31.7 Å². The summed E-state index contributed by atoms with van der Waals surface area (Å²) in [5, 5.41) is 9.62. The number of nitrogens with zero attached hydrogens (tertiary/aromatic N) is 3. The first kappa shape index (κ1) is 19.9. The van der Waals surface area contributed by atoms with Crippen LogP contribution in [0.2, 0.25) is 0 Å². The fraction of sp³-hybridized carbons (Fsp3) is 0.391. The van der Waals surface area contributed by atoms with Crippen LogP contribution in [0.5, 0.6) is 0 Å². The van der Waals surface area contributed by atoms with Gasteiger partial charge in [0, 0.05) is 36.8 Å². The summed E-state index contributed by atoms with van der Waals surface area (Å²) in [5.74, 6) is 0.798. The normalized spacial score (nSPS) is 16.6. The molecule has 6 heteroatoms. The molecule has 1 atom stereocenters. The largest absolute Gasteiger partial charge is 0.344 e. The van der Waals surface area contributed by atoms with E-state index >= 15 is 0 Å². The molecular formula is C23H28N4OS. The van der Waals surface area contributed by atoms with Crippen molar-refractivity contribution in [2.75, 3.05) is 19.6 Å². The number of piperidine rings is 1. The summed E-state index contributed by atoms with van der Waals surface area (Å²) >= 11 is 1.68. The summed E-state index contributed by atoms with van der Waals surface area (Å²) in [5.41, 5.74) is 1.13. The van der Waals surface area contributed by atoms with Crippen LogP contribution in [0.15, 0.2) is 66.3 Å². The first-order valence-electron chi connectivity index (χ1n) is 10.4. The molecule has 1 aromatic carbocycles. The van der Waals surface area contributed by atoms with Gasteiger partial charge >= 0.3 is 0 Å². The molecule has 0 saturated carbocycles. The lowest BCUT2D eigenvalue weighted by molar-refractivity contribution is -0.122. The number of nitrogens with one attached hydrogen (secondary N) is 1. The minimum atomic E-state index is -0.0662. The molecule has 29 heavy (non-hydrogen) atoms. The Morgan fingerprint density at radius 2 is 1.97 bits per heavy atom. The molecule has 3 heterocycles. The monoisotopic (exact) mass is 408 g/mol. The summed E-state index contributed by atoms with van der Waals surface area (Å²) in [6.45, 7) is 3.95. The van der Waals surface area contributed by atoms with Crippen LogP contribution in [-0.2, 0) is 11.3 Å². The number of benzene rings is 1. The number of rotatable bonds is 8. The number of aromatic nitrogens is 2. The number of likely N-dealkylation sites (tertiary alicyclic amines) is 1. The van der Waals surface area contributed by atoms with Crippen molar-refractivity contribution in [1.82, 2.24) is 20.0 Å². The van der Waals surface area contributed by atoms with Gasteiger partial charge in [0.15, 0.2) is 0 Å². The first-order valence-corrected chi connectivity index (χ1v) is 11.2. The molecule has 0 bridgehead atoms. The fourth-order valence-electron chi connectivity index (χ4n) is 3.98. The van der Waals surface area contributed by atoms with Gasteiger partial charge in [-0.15, -0.1) is 11.3 Å². The Morgan fingerprint density at radius 1 is 1.14 bits per heavy atom. The third-order valence-corrected chi connectivity index (χ3v) is 6.57. The summed E-state index contributed by atoms with van der Waals surface area (Å²) < 4.78 is 2.03. The van der Waals surface area contributed by atoms with E-state index in [4.69, 9.17) is 0 Å². The van der Waals surface area contributed by atoms with Gasteiger partial charge in [0.05, 0.1) is 6.04 Å². The Kier molecular flexibility index (Phi) is 6.75. The number of carbonyl (C=O) groups is 1. The third kappa shape index (κ3) is 5.55. The second kappa shape index (κ2) is 9.85. The molecule has 1 unspecified atom stereocenters.